The van der Waals surface area contributed by atoms with E-state index in [1.165, 1.54) is 10.6 Å². The summed E-state index contributed by atoms with van der Waals surface area (Å²) in [7, 11) is -3.18. The summed E-state index contributed by atoms with van der Waals surface area (Å²) in [6, 6.07) is 14.3. The zero-order valence-corrected chi connectivity index (χ0v) is 23.8. The van der Waals surface area contributed by atoms with E-state index in [1.807, 2.05) is 12.1 Å². The highest BCUT2D eigenvalue weighted by atomic mass is 35.5. The summed E-state index contributed by atoms with van der Waals surface area (Å²) >= 11 is 12.2. The van der Waals surface area contributed by atoms with Gasteiger partial charge in [-0.25, -0.2) is 12.7 Å². The van der Waals surface area contributed by atoms with Crippen LogP contribution in [0, 0.1) is 11.3 Å². The number of hydrogen-bond donors (Lipinski definition) is 0. The third-order valence-corrected chi connectivity index (χ3v) is 9.25. The minimum atomic E-state index is -3.18. The Labute approximate surface area is 229 Å². The largest absolute Gasteiger partial charge is 0.489 e. The van der Waals surface area contributed by atoms with Crippen molar-refractivity contribution in [2.45, 2.75) is 37.7 Å². The van der Waals surface area contributed by atoms with Crippen molar-refractivity contribution in [3.63, 3.8) is 0 Å². The molecule has 0 aromatic heterocycles. The number of benzene rings is 2. The first kappa shape index (κ1) is 28.0. The monoisotopic (exact) mass is 565 g/mol. The number of anilines is 1. The smallest absolute Gasteiger partial charge is 0.211 e. The van der Waals surface area contributed by atoms with E-state index in [2.05, 4.69) is 49.1 Å². The van der Waals surface area contributed by atoms with Crippen molar-refractivity contribution >= 4 is 38.9 Å². The molecular formula is C27H33Cl2N3O4S. The lowest BCUT2D eigenvalue weighted by atomic mass is 9.77. The number of rotatable bonds is 7. The lowest BCUT2D eigenvalue weighted by Crippen LogP contribution is -2.57. The second-order valence-corrected chi connectivity index (χ2v) is 13.0. The predicted molar refractivity (Wildman–Crippen MR) is 147 cm³/mol. The quantitative estimate of drug-likeness (QED) is 0.449. The van der Waals surface area contributed by atoms with E-state index in [0.29, 0.717) is 54.8 Å². The van der Waals surface area contributed by atoms with Gasteiger partial charge in [0.2, 0.25) is 10.0 Å². The van der Waals surface area contributed by atoms with Crippen molar-refractivity contribution in [3.05, 3.63) is 58.1 Å². The summed E-state index contributed by atoms with van der Waals surface area (Å²) in [6.45, 7) is 7.59. The molecular weight excluding hydrogens is 533 g/mol. The first-order valence-electron chi connectivity index (χ1n) is 12.4. The number of nitriles is 1. The predicted octanol–water partition coefficient (Wildman–Crippen LogP) is 4.79. The molecule has 0 saturated carbocycles. The minimum absolute atomic E-state index is 0.277. The average Bonchev–Trinajstić information content (AvgIpc) is 2.87. The van der Waals surface area contributed by atoms with Gasteiger partial charge in [0.1, 0.15) is 12.7 Å². The van der Waals surface area contributed by atoms with E-state index in [-0.39, 0.29) is 12.2 Å². The van der Waals surface area contributed by atoms with Crippen LogP contribution in [0.1, 0.15) is 43.4 Å². The summed E-state index contributed by atoms with van der Waals surface area (Å²) in [5.41, 5.74) is 2.78. The molecule has 7 nitrogen and oxygen atoms in total. The summed E-state index contributed by atoms with van der Waals surface area (Å²) < 4.78 is 37.2. The van der Waals surface area contributed by atoms with Gasteiger partial charge in [-0.05, 0) is 48.2 Å². The number of halogens is 2. The number of alkyl halides is 1. The number of morpholine rings is 1. The molecule has 10 heteroatoms. The SMILES string of the molecule is CC(C)(c1ccc(N2CCOC3(CCN(S(C)(=O)=O)CC3)C2)cc1)c1cc(Cl)c(OCCCl)c(C#N)c1. The maximum Gasteiger partial charge on any atom is 0.211 e. The number of piperidine rings is 1. The molecule has 0 radical (unpaired) electrons. The maximum atomic E-state index is 11.9. The zero-order valence-electron chi connectivity index (χ0n) is 21.5. The highest BCUT2D eigenvalue weighted by Gasteiger charge is 2.41. The average molecular weight is 567 g/mol. The Hall–Kier alpha value is -2.02. The van der Waals surface area contributed by atoms with Crippen molar-refractivity contribution in [1.82, 2.24) is 4.31 Å². The Bertz CT molecular complexity index is 1270. The van der Waals surface area contributed by atoms with Gasteiger partial charge in [-0.1, -0.05) is 37.6 Å². The molecule has 2 aromatic carbocycles. The van der Waals surface area contributed by atoms with Crippen LogP contribution in [-0.4, -0.2) is 69.9 Å². The molecule has 0 amide bonds. The van der Waals surface area contributed by atoms with Gasteiger partial charge in [-0.15, -0.1) is 11.6 Å². The number of nitrogens with zero attached hydrogens (tertiary/aromatic N) is 3. The Morgan fingerprint density at radius 3 is 2.41 bits per heavy atom. The Morgan fingerprint density at radius 2 is 1.81 bits per heavy atom. The van der Waals surface area contributed by atoms with Gasteiger partial charge in [0.15, 0.2) is 5.75 Å². The van der Waals surface area contributed by atoms with E-state index >= 15 is 0 Å². The second kappa shape index (κ2) is 11.0. The molecule has 0 N–H and O–H groups in total. The normalized spacial score (nSPS) is 18.5. The summed E-state index contributed by atoms with van der Waals surface area (Å²) in [6.07, 6.45) is 2.64. The van der Waals surface area contributed by atoms with Gasteiger partial charge in [-0.3, -0.25) is 0 Å². The van der Waals surface area contributed by atoms with Crippen LogP contribution in [-0.2, 0) is 20.2 Å². The van der Waals surface area contributed by atoms with Crippen molar-refractivity contribution < 1.29 is 17.9 Å². The van der Waals surface area contributed by atoms with Gasteiger partial charge in [0.05, 0.1) is 34.9 Å². The molecule has 2 aliphatic heterocycles. The van der Waals surface area contributed by atoms with Crippen LogP contribution in [0.3, 0.4) is 0 Å². The van der Waals surface area contributed by atoms with Crippen LogP contribution in [0.5, 0.6) is 5.75 Å². The highest BCUT2D eigenvalue weighted by molar-refractivity contribution is 7.88. The molecule has 0 unspecified atom stereocenters. The van der Waals surface area contributed by atoms with Gasteiger partial charge in [-0.2, -0.15) is 5.26 Å². The van der Waals surface area contributed by atoms with Crippen LogP contribution in [0.2, 0.25) is 5.02 Å². The molecule has 4 rings (SSSR count). The van der Waals surface area contributed by atoms with Crippen LogP contribution < -0.4 is 9.64 Å². The number of sulfonamides is 1. The fraction of sp³-hybridized carbons (Fsp3) is 0.519. The zero-order chi connectivity index (χ0) is 26.8. The Kier molecular flexibility index (Phi) is 8.32. The first-order chi connectivity index (χ1) is 17.5. The molecule has 0 bridgehead atoms. The molecule has 2 heterocycles. The van der Waals surface area contributed by atoms with Crippen LogP contribution in [0.15, 0.2) is 36.4 Å². The van der Waals surface area contributed by atoms with Gasteiger partial charge >= 0.3 is 0 Å². The minimum Gasteiger partial charge on any atom is -0.489 e. The van der Waals surface area contributed by atoms with Crippen LogP contribution >= 0.6 is 23.2 Å². The summed E-state index contributed by atoms with van der Waals surface area (Å²) in [5.74, 6) is 0.674. The molecule has 2 saturated heterocycles. The van der Waals surface area contributed by atoms with E-state index < -0.39 is 15.4 Å². The van der Waals surface area contributed by atoms with Gasteiger partial charge in [0, 0.05) is 37.3 Å². The molecule has 200 valence electrons. The van der Waals surface area contributed by atoms with Gasteiger partial charge < -0.3 is 14.4 Å². The standard InChI is InChI=1S/C27H33Cl2N3O4S/c1-26(2,22-16-20(18-30)25(24(29)17-22)35-14-10-28)21-4-6-23(7-5-21)31-13-15-36-27(19-31)8-11-32(12-9-27)37(3,33)34/h4-7,16-17H,8-15,19H2,1-3H3. The molecule has 0 atom stereocenters. The van der Waals surface area contributed by atoms with Crippen LogP contribution in [0.25, 0.3) is 0 Å². The van der Waals surface area contributed by atoms with E-state index in [0.717, 1.165) is 29.9 Å². The molecule has 2 aromatic rings. The topological polar surface area (TPSA) is 82.9 Å². The van der Waals surface area contributed by atoms with Crippen molar-refractivity contribution in [3.8, 4) is 11.8 Å². The second-order valence-electron chi connectivity index (χ2n) is 10.3. The van der Waals surface area contributed by atoms with Crippen molar-refractivity contribution in [1.29, 1.82) is 5.26 Å². The Balaban J connectivity index is 1.51. The third kappa shape index (κ3) is 6.02. The lowest BCUT2D eigenvalue weighted by molar-refractivity contribution is -0.0824. The van der Waals surface area contributed by atoms with E-state index in [1.54, 1.807) is 0 Å². The molecule has 37 heavy (non-hydrogen) atoms. The molecule has 2 fully saturated rings. The maximum absolute atomic E-state index is 11.9. The highest BCUT2D eigenvalue weighted by Crippen LogP contribution is 2.39. The Morgan fingerprint density at radius 1 is 1.14 bits per heavy atom. The summed E-state index contributed by atoms with van der Waals surface area (Å²) in [5, 5.41) is 10.1. The fourth-order valence-corrected chi connectivity index (χ4v) is 6.37. The lowest BCUT2D eigenvalue weighted by Gasteiger charge is -2.47. The van der Waals surface area contributed by atoms with E-state index in [9.17, 15) is 13.7 Å². The van der Waals surface area contributed by atoms with Crippen LogP contribution in [0.4, 0.5) is 5.69 Å². The number of ether oxygens (including phenoxy) is 2. The number of hydrogen-bond acceptors (Lipinski definition) is 6. The van der Waals surface area contributed by atoms with E-state index in [4.69, 9.17) is 32.7 Å². The van der Waals surface area contributed by atoms with Gasteiger partial charge in [0.25, 0.3) is 0 Å². The van der Waals surface area contributed by atoms with Crippen molar-refractivity contribution in [2.24, 2.45) is 0 Å². The first-order valence-corrected chi connectivity index (χ1v) is 15.1. The summed E-state index contributed by atoms with van der Waals surface area (Å²) in [4.78, 5) is 2.32. The van der Waals surface area contributed by atoms with Crippen molar-refractivity contribution in [2.75, 3.05) is 56.4 Å². The fourth-order valence-electron chi connectivity index (χ4n) is 5.17. The molecule has 2 aliphatic rings. The molecule has 1 spiro atoms. The third-order valence-electron chi connectivity index (χ3n) is 7.51. The molecule has 0 aliphatic carbocycles.